The van der Waals surface area contributed by atoms with Crippen molar-refractivity contribution in [1.82, 2.24) is 0 Å². The van der Waals surface area contributed by atoms with Gasteiger partial charge in [0.2, 0.25) is 0 Å². The van der Waals surface area contributed by atoms with E-state index in [1.165, 1.54) is 0 Å². The van der Waals surface area contributed by atoms with Crippen LogP contribution in [0.25, 0.3) is 11.1 Å². The average Bonchev–Trinajstić information content (AvgIpc) is 2.30. The number of halogens is 1. The van der Waals surface area contributed by atoms with Crippen LogP contribution in [0.3, 0.4) is 0 Å². The van der Waals surface area contributed by atoms with Crippen LogP contribution in [0.2, 0.25) is 0 Å². The van der Waals surface area contributed by atoms with Crippen molar-refractivity contribution in [3.05, 3.63) is 54.6 Å². The molecule has 88 valence electrons. The molecule has 2 aromatic carbocycles. The minimum absolute atomic E-state index is 0. The van der Waals surface area contributed by atoms with Crippen molar-refractivity contribution in [3.8, 4) is 11.1 Å². The maximum Gasteiger partial charge on any atom is 0.409 e. The molecule has 0 aliphatic rings. The number of nitrogens with one attached hydrogen (secondary N) is 1. The van der Waals surface area contributed by atoms with Crippen LogP contribution < -0.4 is 5.32 Å². The molecule has 0 fully saturated rings. The summed E-state index contributed by atoms with van der Waals surface area (Å²) in [5.41, 5.74) is 2.47. The van der Waals surface area contributed by atoms with Gasteiger partial charge >= 0.3 is 6.09 Å². The van der Waals surface area contributed by atoms with Crippen molar-refractivity contribution < 1.29 is 9.90 Å². The van der Waals surface area contributed by atoms with Gasteiger partial charge in [-0.25, -0.2) is 4.79 Å². The first-order valence-corrected chi connectivity index (χ1v) is 4.92. The molecule has 1 amide bonds. The second kappa shape index (κ2) is 5.92. The van der Waals surface area contributed by atoms with E-state index in [-0.39, 0.29) is 12.4 Å². The van der Waals surface area contributed by atoms with Crippen molar-refractivity contribution in [3.63, 3.8) is 0 Å². The molecule has 2 N–H and O–H groups in total. The molecule has 0 spiro atoms. The molecule has 4 heteroatoms. The minimum atomic E-state index is -1.05. The van der Waals surface area contributed by atoms with Crippen LogP contribution in [0, 0.1) is 0 Å². The highest BCUT2D eigenvalue weighted by molar-refractivity contribution is 5.90. The molecule has 0 aliphatic heterocycles. The summed E-state index contributed by atoms with van der Waals surface area (Å²) >= 11 is 0. The molecule has 0 unspecified atom stereocenters. The lowest BCUT2D eigenvalue weighted by Gasteiger charge is -2.08. The van der Waals surface area contributed by atoms with Crippen molar-refractivity contribution >= 4 is 24.2 Å². The molecule has 0 saturated carbocycles. The molecule has 0 aliphatic carbocycles. The summed E-state index contributed by atoms with van der Waals surface area (Å²) in [6, 6.07) is 17.0. The van der Waals surface area contributed by atoms with Gasteiger partial charge in [-0.2, -0.15) is 0 Å². The number of benzene rings is 2. The molecule has 2 rings (SSSR count). The summed E-state index contributed by atoms with van der Waals surface area (Å²) in [6.07, 6.45) is -1.05. The van der Waals surface area contributed by atoms with Gasteiger partial charge in [-0.3, -0.25) is 5.32 Å². The number of carbonyl (C=O) groups is 1. The highest BCUT2D eigenvalue weighted by Gasteiger charge is 2.05. The van der Waals surface area contributed by atoms with Gasteiger partial charge in [0, 0.05) is 5.56 Å². The number of rotatable bonds is 2. The summed E-state index contributed by atoms with van der Waals surface area (Å²) in [4.78, 5) is 10.6. The standard InChI is InChI=1S/C13H11NO2.ClH/c15-13(16)14-12-9-5-4-8-11(12)10-6-2-1-3-7-10;/h1-9,14H,(H,15,16);1H. The van der Waals surface area contributed by atoms with E-state index in [9.17, 15) is 4.79 Å². The third-order valence-corrected chi connectivity index (χ3v) is 2.25. The second-order valence-electron chi connectivity index (χ2n) is 3.34. The molecule has 0 radical (unpaired) electrons. The van der Waals surface area contributed by atoms with E-state index in [4.69, 9.17) is 5.11 Å². The molecular formula is C13H12ClNO2. The first-order valence-electron chi connectivity index (χ1n) is 4.92. The zero-order valence-corrected chi connectivity index (χ0v) is 9.78. The summed E-state index contributed by atoms with van der Waals surface area (Å²) in [5, 5.41) is 11.1. The average molecular weight is 250 g/mol. The molecule has 0 heterocycles. The van der Waals surface area contributed by atoms with Crippen LogP contribution in [0.1, 0.15) is 0 Å². The van der Waals surface area contributed by atoms with Gasteiger partial charge < -0.3 is 5.11 Å². The highest BCUT2D eigenvalue weighted by Crippen LogP contribution is 2.27. The smallest absolute Gasteiger partial charge is 0.409 e. The lowest BCUT2D eigenvalue weighted by molar-refractivity contribution is 0.210. The molecule has 3 nitrogen and oxygen atoms in total. The lowest BCUT2D eigenvalue weighted by Crippen LogP contribution is -2.08. The van der Waals surface area contributed by atoms with E-state index in [1.807, 2.05) is 42.5 Å². The Kier molecular flexibility index (Phi) is 4.55. The van der Waals surface area contributed by atoms with Crippen LogP contribution in [0.5, 0.6) is 0 Å². The Balaban J connectivity index is 0.00000144. The normalized spacial score (nSPS) is 9.18. The summed E-state index contributed by atoms with van der Waals surface area (Å²) in [5.74, 6) is 0. The number of hydrogen-bond acceptors (Lipinski definition) is 1. The van der Waals surface area contributed by atoms with Crippen molar-refractivity contribution in [1.29, 1.82) is 0 Å². The van der Waals surface area contributed by atoms with Crippen LogP contribution >= 0.6 is 12.4 Å². The maximum absolute atomic E-state index is 10.6. The Bertz CT molecular complexity index is 500. The molecular weight excluding hydrogens is 238 g/mol. The van der Waals surface area contributed by atoms with Crippen molar-refractivity contribution in [2.75, 3.05) is 5.32 Å². The number of anilines is 1. The molecule has 0 aromatic heterocycles. The molecule has 0 bridgehead atoms. The van der Waals surface area contributed by atoms with Crippen LogP contribution in [-0.4, -0.2) is 11.2 Å². The van der Waals surface area contributed by atoms with E-state index in [0.717, 1.165) is 11.1 Å². The van der Waals surface area contributed by atoms with Crippen LogP contribution in [0.4, 0.5) is 10.5 Å². The quantitative estimate of drug-likeness (QED) is 0.849. The fourth-order valence-electron chi connectivity index (χ4n) is 1.58. The third kappa shape index (κ3) is 3.23. The number of hydrogen-bond donors (Lipinski definition) is 2. The Morgan fingerprint density at radius 1 is 0.941 bits per heavy atom. The van der Waals surface area contributed by atoms with E-state index in [2.05, 4.69) is 5.32 Å². The third-order valence-electron chi connectivity index (χ3n) is 2.25. The fraction of sp³-hybridized carbons (Fsp3) is 0. The second-order valence-corrected chi connectivity index (χ2v) is 3.34. The maximum atomic E-state index is 10.6. The number of amides is 1. The van der Waals surface area contributed by atoms with Crippen LogP contribution in [-0.2, 0) is 0 Å². The van der Waals surface area contributed by atoms with Gasteiger partial charge in [0.1, 0.15) is 0 Å². The Morgan fingerprint density at radius 2 is 1.53 bits per heavy atom. The van der Waals surface area contributed by atoms with Gasteiger partial charge in [0.05, 0.1) is 5.69 Å². The SMILES string of the molecule is Cl.O=C(O)Nc1ccccc1-c1ccccc1. The Labute approximate surface area is 106 Å². The first-order chi connectivity index (χ1) is 7.77. The van der Waals surface area contributed by atoms with Gasteiger partial charge in [-0.15, -0.1) is 12.4 Å². The highest BCUT2D eigenvalue weighted by atomic mass is 35.5. The van der Waals surface area contributed by atoms with Crippen molar-refractivity contribution in [2.24, 2.45) is 0 Å². The van der Waals surface area contributed by atoms with Gasteiger partial charge in [0.25, 0.3) is 0 Å². The molecule has 0 saturated heterocycles. The number of carboxylic acid groups (broad SMARTS) is 1. The van der Waals surface area contributed by atoms with Gasteiger partial charge in [-0.05, 0) is 11.6 Å². The molecule has 2 aromatic rings. The van der Waals surface area contributed by atoms with E-state index >= 15 is 0 Å². The first kappa shape index (κ1) is 13.1. The van der Waals surface area contributed by atoms with Gasteiger partial charge in [0.15, 0.2) is 0 Å². The monoisotopic (exact) mass is 249 g/mol. The lowest BCUT2D eigenvalue weighted by atomic mass is 10.0. The topological polar surface area (TPSA) is 49.3 Å². The Morgan fingerprint density at radius 3 is 2.18 bits per heavy atom. The largest absolute Gasteiger partial charge is 0.465 e. The van der Waals surface area contributed by atoms with E-state index in [0.29, 0.717) is 5.69 Å². The summed E-state index contributed by atoms with van der Waals surface area (Å²) in [7, 11) is 0. The number of para-hydroxylation sites is 1. The van der Waals surface area contributed by atoms with Crippen molar-refractivity contribution in [2.45, 2.75) is 0 Å². The Hall–Kier alpha value is -2.00. The van der Waals surface area contributed by atoms with Crippen LogP contribution in [0.15, 0.2) is 54.6 Å². The molecule has 17 heavy (non-hydrogen) atoms. The summed E-state index contributed by atoms with van der Waals surface area (Å²) in [6.45, 7) is 0. The zero-order valence-electron chi connectivity index (χ0n) is 8.96. The van der Waals surface area contributed by atoms with E-state index in [1.54, 1.807) is 12.1 Å². The fourth-order valence-corrected chi connectivity index (χ4v) is 1.58. The molecule has 0 atom stereocenters. The minimum Gasteiger partial charge on any atom is -0.465 e. The summed E-state index contributed by atoms with van der Waals surface area (Å²) < 4.78 is 0. The van der Waals surface area contributed by atoms with Gasteiger partial charge in [-0.1, -0.05) is 48.5 Å². The zero-order chi connectivity index (χ0) is 11.4. The predicted molar refractivity (Wildman–Crippen MR) is 70.8 cm³/mol. The predicted octanol–water partition coefficient (Wildman–Crippen LogP) is 3.87. The van der Waals surface area contributed by atoms with E-state index < -0.39 is 6.09 Å².